The first-order valence-corrected chi connectivity index (χ1v) is 9.32. The maximum atomic E-state index is 10.6. The molecule has 1 nitrogen and oxygen atoms in total. The predicted octanol–water partition coefficient (Wildman–Crippen LogP) is 6.84. The van der Waals surface area contributed by atoms with Crippen molar-refractivity contribution >= 4 is 27.5 Å². The van der Waals surface area contributed by atoms with Gasteiger partial charge in [0.25, 0.3) is 0 Å². The van der Waals surface area contributed by atoms with Gasteiger partial charge in [-0.2, -0.15) is 0 Å². The standard InChI is InChI=1S/C18H28BrClO/c1-3-4-5-6-7-8-9-10-13-18(2,21)16-12-11-15(19)14-17(16)20/h11-12,14,21H,3-10,13H2,1-2H3. The molecule has 0 radical (unpaired) electrons. The van der Waals surface area contributed by atoms with Gasteiger partial charge in [0.15, 0.2) is 0 Å². The zero-order valence-electron chi connectivity index (χ0n) is 13.3. The Hall–Kier alpha value is -0.0500. The van der Waals surface area contributed by atoms with Crippen LogP contribution in [0.2, 0.25) is 5.02 Å². The van der Waals surface area contributed by atoms with Crippen molar-refractivity contribution in [2.24, 2.45) is 0 Å². The molecule has 3 heteroatoms. The van der Waals surface area contributed by atoms with Gasteiger partial charge in [0, 0.05) is 15.1 Å². The molecule has 0 bridgehead atoms. The van der Waals surface area contributed by atoms with Gasteiger partial charge in [-0.25, -0.2) is 0 Å². The maximum Gasteiger partial charge on any atom is 0.0882 e. The van der Waals surface area contributed by atoms with E-state index >= 15 is 0 Å². The van der Waals surface area contributed by atoms with E-state index in [4.69, 9.17) is 11.6 Å². The van der Waals surface area contributed by atoms with E-state index in [9.17, 15) is 5.11 Å². The molecule has 21 heavy (non-hydrogen) atoms. The smallest absolute Gasteiger partial charge is 0.0882 e. The highest BCUT2D eigenvalue weighted by Crippen LogP contribution is 2.34. The van der Waals surface area contributed by atoms with Crippen LogP contribution in [-0.4, -0.2) is 5.11 Å². The fourth-order valence-corrected chi connectivity index (χ4v) is 3.54. The Bertz CT molecular complexity index is 418. The van der Waals surface area contributed by atoms with Gasteiger partial charge in [-0.3, -0.25) is 0 Å². The van der Waals surface area contributed by atoms with Gasteiger partial charge in [0.2, 0.25) is 0 Å². The van der Waals surface area contributed by atoms with Crippen molar-refractivity contribution in [2.75, 3.05) is 0 Å². The summed E-state index contributed by atoms with van der Waals surface area (Å²) >= 11 is 9.63. The molecule has 1 N–H and O–H groups in total. The number of rotatable bonds is 10. The van der Waals surface area contributed by atoms with E-state index in [1.165, 1.54) is 44.9 Å². The van der Waals surface area contributed by atoms with Crippen LogP contribution in [0.1, 0.15) is 77.2 Å². The Balaban J connectivity index is 2.29. The highest BCUT2D eigenvalue weighted by atomic mass is 79.9. The van der Waals surface area contributed by atoms with Crippen molar-refractivity contribution in [1.29, 1.82) is 0 Å². The predicted molar refractivity (Wildman–Crippen MR) is 95.9 cm³/mol. The van der Waals surface area contributed by atoms with Crippen LogP contribution in [0.3, 0.4) is 0 Å². The van der Waals surface area contributed by atoms with Crippen molar-refractivity contribution in [3.05, 3.63) is 33.3 Å². The Kier molecular flexibility index (Phi) is 8.92. The molecule has 1 rings (SSSR count). The summed E-state index contributed by atoms with van der Waals surface area (Å²) in [6.45, 7) is 4.11. The average molecular weight is 376 g/mol. The topological polar surface area (TPSA) is 20.2 Å². The van der Waals surface area contributed by atoms with Gasteiger partial charge in [0.05, 0.1) is 5.60 Å². The van der Waals surface area contributed by atoms with Crippen LogP contribution in [0.15, 0.2) is 22.7 Å². The van der Waals surface area contributed by atoms with Crippen LogP contribution in [-0.2, 0) is 5.60 Å². The highest BCUT2D eigenvalue weighted by Gasteiger charge is 2.25. The number of aliphatic hydroxyl groups is 1. The van der Waals surface area contributed by atoms with Gasteiger partial charge in [-0.05, 0) is 25.5 Å². The van der Waals surface area contributed by atoms with Gasteiger partial charge in [-0.15, -0.1) is 0 Å². The van der Waals surface area contributed by atoms with E-state index in [1.54, 1.807) is 0 Å². The molecule has 1 atom stereocenters. The molecule has 0 spiro atoms. The second-order valence-electron chi connectivity index (χ2n) is 6.12. The molecule has 0 fully saturated rings. The number of hydrogen-bond acceptors (Lipinski definition) is 1. The average Bonchev–Trinajstić information content (AvgIpc) is 2.41. The van der Waals surface area contributed by atoms with Crippen LogP contribution >= 0.6 is 27.5 Å². The zero-order chi connectivity index (χ0) is 15.7. The molecule has 0 aromatic heterocycles. The van der Waals surface area contributed by atoms with Gasteiger partial charge < -0.3 is 5.11 Å². The molecule has 1 unspecified atom stereocenters. The summed E-state index contributed by atoms with van der Waals surface area (Å²) in [5.41, 5.74) is -0.00435. The molecule has 0 aliphatic heterocycles. The normalized spacial score (nSPS) is 14.1. The third-order valence-electron chi connectivity index (χ3n) is 4.03. The second-order valence-corrected chi connectivity index (χ2v) is 7.45. The summed E-state index contributed by atoms with van der Waals surface area (Å²) in [6.07, 6.45) is 11.0. The summed E-state index contributed by atoms with van der Waals surface area (Å²) in [7, 11) is 0. The molecule has 0 amide bonds. The quantitative estimate of drug-likeness (QED) is 0.444. The summed E-state index contributed by atoms with van der Waals surface area (Å²) < 4.78 is 0.944. The summed E-state index contributed by atoms with van der Waals surface area (Å²) in [6, 6.07) is 5.69. The van der Waals surface area contributed by atoms with Crippen LogP contribution in [0.25, 0.3) is 0 Å². The molecular weight excluding hydrogens is 348 g/mol. The molecule has 0 aliphatic rings. The monoisotopic (exact) mass is 374 g/mol. The van der Waals surface area contributed by atoms with Crippen molar-refractivity contribution in [1.82, 2.24) is 0 Å². The Morgan fingerprint density at radius 2 is 1.62 bits per heavy atom. The van der Waals surface area contributed by atoms with Crippen molar-refractivity contribution in [3.8, 4) is 0 Å². The molecule has 0 heterocycles. The molecule has 120 valence electrons. The Labute approximate surface area is 143 Å². The van der Waals surface area contributed by atoms with Crippen LogP contribution < -0.4 is 0 Å². The summed E-state index contributed by atoms with van der Waals surface area (Å²) in [5, 5.41) is 11.3. The zero-order valence-corrected chi connectivity index (χ0v) is 15.6. The number of halogens is 2. The lowest BCUT2D eigenvalue weighted by atomic mass is 9.90. The van der Waals surface area contributed by atoms with E-state index in [0.717, 1.165) is 22.9 Å². The highest BCUT2D eigenvalue weighted by molar-refractivity contribution is 9.10. The molecule has 0 aliphatic carbocycles. The van der Waals surface area contributed by atoms with Crippen molar-refractivity contribution in [2.45, 2.75) is 77.2 Å². The number of unbranched alkanes of at least 4 members (excludes halogenated alkanes) is 7. The van der Waals surface area contributed by atoms with E-state index in [2.05, 4.69) is 22.9 Å². The van der Waals surface area contributed by atoms with Crippen LogP contribution in [0.4, 0.5) is 0 Å². The Morgan fingerprint density at radius 3 is 2.19 bits per heavy atom. The van der Waals surface area contributed by atoms with E-state index < -0.39 is 5.60 Å². The molecule has 1 aromatic carbocycles. The van der Waals surface area contributed by atoms with Crippen molar-refractivity contribution < 1.29 is 5.11 Å². The van der Waals surface area contributed by atoms with Crippen LogP contribution in [0.5, 0.6) is 0 Å². The third-order valence-corrected chi connectivity index (χ3v) is 4.83. The maximum absolute atomic E-state index is 10.6. The van der Waals surface area contributed by atoms with Gasteiger partial charge in [-0.1, -0.05) is 91.9 Å². The fourth-order valence-electron chi connectivity index (χ4n) is 2.66. The summed E-state index contributed by atoms with van der Waals surface area (Å²) in [5.74, 6) is 0. The fraction of sp³-hybridized carbons (Fsp3) is 0.667. The lowest BCUT2D eigenvalue weighted by molar-refractivity contribution is 0.0449. The largest absolute Gasteiger partial charge is 0.385 e. The van der Waals surface area contributed by atoms with Gasteiger partial charge in [0.1, 0.15) is 0 Å². The summed E-state index contributed by atoms with van der Waals surface area (Å²) in [4.78, 5) is 0. The van der Waals surface area contributed by atoms with E-state index in [1.807, 2.05) is 25.1 Å². The third kappa shape index (κ3) is 7.17. The Morgan fingerprint density at radius 1 is 1.05 bits per heavy atom. The minimum Gasteiger partial charge on any atom is -0.385 e. The number of hydrogen-bond donors (Lipinski definition) is 1. The molecule has 1 aromatic rings. The number of benzene rings is 1. The lowest BCUT2D eigenvalue weighted by Crippen LogP contribution is -2.21. The van der Waals surface area contributed by atoms with Crippen molar-refractivity contribution in [3.63, 3.8) is 0 Å². The minimum absolute atomic E-state index is 0.633. The first-order valence-electron chi connectivity index (χ1n) is 8.15. The molecule has 0 saturated heterocycles. The van der Waals surface area contributed by atoms with E-state index in [0.29, 0.717) is 5.02 Å². The SMILES string of the molecule is CCCCCCCCCCC(C)(O)c1ccc(Br)cc1Cl. The molecular formula is C18H28BrClO. The molecule has 0 saturated carbocycles. The second kappa shape index (κ2) is 9.86. The lowest BCUT2D eigenvalue weighted by Gasteiger charge is -2.25. The van der Waals surface area contributed by atoms with E-state index in [-0.39, 0.29) is 0 Å². The van der Waals surface area contributed by atoms with Gasteiger partial charge >= 0.3 is 0 Å². The first-order chi connectivity index (χ1) is 9.97. The van der Waals surface area contributed by atoms with Crippen LogP contribution in [0, 0.1) is 0 Å². The first kappa shape index (κ1) is 19.0. The minimum atomic E-state index is -0.833.